The SMILES string of the molecule is CCCC(C)(C)Oc1ccc(/C=N/N(C)[P+](=S)C(C)(CC)Oc2ccc(CP(=O)(OC)OC)cc2)cc1. The summed E-state index contributed by atoms with van der Waals surface area (Å²) in [4.78, 5) is 0. The number of nitrogens with zero attached hydrogens (tertiary/aromatic N) is 2. The van der Waals surface area contributed by atoms with E-state index in [9.17, 15) is 4.57 Å². The van der Waals surface area contributed by atoms with Gasteiger partial charge in [0.1, 0.15) is 17.1 Å². The van der Waals surface area contributed by atoms with E-state index >= 15 is 0 Å². The van der Waals surface area contributed by atoms with Gasteiger partial charge in [0.05, 0.1) is 19.4 Å². The molecular formula is C27H41N2O5P2S+. The molecule has 0 bridgehead atoms. The van der Waals surface area contributed by atoms with E-state index in [2.05, 4.69) is 32.8 Å². The monoisotopic (exact) mass is 567 g/mol. The first-order valence-corrected chi connectivity index (χ1v) is 16.5. The molecule has 0 N–H and O–H groups in total. The Bertz CT molecular complexity index is 1080. The van der Waals surface area contributed by atoms with E-state index in [1.54, 1.807) is 6.21 Å². The van der Waals surface area contributed by atoms with Gasteiger partial charge in [0, 0.05) is 27.6 Å². The normalized spacial score (nSPS) is 14.3. The second kappa shape index (κ2) is 13.8. The lowest BCUT2D eigenvalue weighted by molar-refractivity contribution is 0.0986. The molecule has 2 aromatic carbocycles. The number of hydrazone groups is 1. The van der Waals surface area contributed by atoms with Gasteiger partial charge in [-0.25, -0.2) is 0 Å². The summed E-state index contributed by atoms with van der Waals surface area (Å²) in [6, 6.07) is 15.3. The molecule has 0 saturated heterocycles. The summed E-state index contributed by atoms with van der Waals surface area (Å²) < 4.78 is 36.7. The summed E-state index contributed by atoms with van der Waals surface area (Å²) in [6.45, 7) is 9.26. The maximum atomic E-state index is 12.4. The molecule has 0 fully saturated rings. The van der Waals surface area contributed by atoms with Crippen molar-refractivity contribution < 1.29 is 23.1 Å². The first-order chi connectivity index (χ1) is 17.4. The fourth-order valence-corrected chi connectivity index (χ4v) is 6.59. The smallest absolute Gasteiger partial charge is 0.358 e. The minimum absolute atomic E-state index is 0.191. The number of hydrogen-bond acceptors (Lipinski definition) is 7. The summed E-state index contributed by atoms with van der Waals surface area (Å²) in [6.07, 6.45) is 4.78. The second-order valence-electron chi connectivity index (χ2n) is 9.60. The van der Waals surface area contributed by atoms with E-state index < -0.39 is 19.8 Å². The second-order valence-corrected chi connectivity index (χ2v) is 15.0. The van der Waals surface area contributed by atoms with Crippen LogP contribution in [0.25, 0.3) is 0 Å². The molecule has 0 aliphatic rings. The lowest BCUT2D eigenvalue weighted by Gasteiger charge is -2.26. The van der Waals surface area contributed by atoms with Crippen molar-refractivity contribution in [2.24, 2.45) is 5.10 Å². The van der Waals surface area contributed by atoms with Gasteiger partial charge >= 0.3 is 14.4 Å². The number of hydrogen-bond donors (Lipinski definition) is 0. The molecule has 37 heavy (non-hydrogen) atoms. The molecule has 0 amide bonds. The summed E-state index contributed by atoms with van der Waals surface area (Å²) >= 11 is 5.90. The van der Waals surface area contributed by atoms with Crippen molar-refractivity contribution in [3.63, 3.8) is 0 Å². The van der Waals surface area contributed by atoms with E-state index in [0.717, 1.165) is 29.7 Å². The topological polar surface area (TPSA) is 69.6 Å². The lowest BCUT2D eigenvalue weighted by atomic mass is 10.0. The molecule has 0 aromatic heterocycles. The van der Waals surface area contributed by atoms with Gasteiger partial charge in [0.2, 0.25) is 0 Å². The lowest BCUT2D eigenvalue weighted by Crippen LogP contribution is -2.30. The van der Waals surface area contributed by atoms with Crippen molar-refractivity contribution in [2.75, 3.05) is 21.3 Å². The van der Waals surface area contributed by atoms with Gasteiger partial charge in [0.15, 0.2) is 11.8 Å². The van der Waals surface area contributed by atoms with Crippen molar-refractivity contribution >= 4 is 32.5 Å². The van der Waals surface area contributed by atoms with Crippen LogP contribution in [-0.2, 0) is 31.6 Å². The van der Waals surface area contributed by atoms with Crippen LogP contribution in [0.15, 0.2) is 53.6 Å². The zero-order chi connectivity index (χ0) is 27.7. The van der Waals surface area contributed by atoms with Crippen LogP contribution in [0.5, 0.6) is 11.5 Å². The Balaban J connectivity index is 2.04. The molecule has 2 atom stereocenters. The molecule has 10 heteroatoms. The third-order valence-electron chi connectivity index (χ3n) is 6.02. The van der Waals surface area contributed by atoms with E-state index in [0.29, 0.717) is 12.2 Å². The molecule has 2 rings (SSSR count). The molecule has 0 aliphatic heterocycles. The Labute approximate surface area is 228 Å². The number of ether oxygens (including phenoxy) is 2. The average Bonchev–Trinajstić information content (AvgIpc) is 2.88. The predicted octanol–water partition coefficient (Wildman–Crippen LogP) is 7.96. The van der Waals surface area contributed by atoms with E-state index in [1.807, 2.05) is 67.3 Å². The van der Waals surface area contributed by atoms with Crippen molar-refractivity contribution in [1.29, 1.82) is 0 Å². The fourth-order valence-electron chi connectivity index (χ4n) is 3.69. The average molecular weight is 568 g/mol. The van der Waals surface area contributed by atoms with Crippen LogP contribution < -0.4 is 9.47 Å². The van der Waals surface area contributed by atoms with Crippen molar-refractivity contribution in [3.05, 3.63) is 59.7 Å². The van der Waals surface area contributed by atoms with Crippen LogP contribution >= 0.6 is 14.4 Å². The van der Waals surface area contributed by atoms with Crippen LogP contribution in [0.2, 0.25) is 0 Å². The third-order valence-corrected chi connectivity index (χ3v) is 11.6. The van der Waals surface area contributed by atoms with Gasteiger partial charge in [-0.2, -0.15) is 0 Å². The maximum absolute atomic E-state index is 12.4. The van der Waals surface area contributed by atoms with Crippen LogP contribution in [0, 0.1) is 0 Å². The molecular weight excluding hydrogens is 526 g/mol. The van der Waals surface area contributed by atoms with E-state index in [1.165, 1.54) is 14.2 Å². The fraction of sp³-hybridized carbons (Fsp3) is 0.519. The van der Waals surface area contributed by atoms with Gasteiger partial charge in [-0.15, -0.1) is 9.88 Å². The highest BCUT2D eigenvalue weighted by Crippen LogP contribution is 2.50. The highest BCUT2D eigenvalue weighted by Gasteiger charge is 2.45. The van der Waals surface area contributed by atoms with Gasteiger partial charge in [-0.1, -0.05) is 32.4 Å². The molecule has 0 spiro atoms. The number of benzene rings is 2. The molecule has 0 saturated carbocycles. The minimum atomic E-state index is -3.13. The third kappa shape index (κ3) is 9.46. The van der Waals surface area contributed by atoms with Crippen molar-refractivity contribution in [2.45, 2.75) is 71.0 Å². The number of rotatable bonds is 15. The van der Waals surface area contributed by atoms with E-state index in [4.69, 9.17) is 30.3 Å². The first-order valence-electron chi connectivity index (χ1n) is 12.4. The minimum Gasteiger partial charge on any atom is -0.488 e. The highest BCUT2D eigenvalue weighted by molar-refractivity contribution is 8.04. The Hall–Kier alpha value is -1.82. The molecule has 0 radical (unpaired) electrons. The largest absolute Gasteiger partial charge is 0.488 e. The van der Waals surface area contributed by atoms with Crippen molar-refractivity contribution in [1.82, 2.24) is 4.78 Å². The van der Waals surface area contributed by atoms with Crippen LogP contribution in [0.4, 0.5) is 0 Å². The first kappa shape index (κ1) is 31.4. The van der Waals surface area contributed by atoms with Gasteiger partial charge in [-0.05, 0) is 67.8 Å². The summed E-state index contributed by atoms with van der Waals surface area (Å²) in [5, 5.41) is 4.01. The molecule has 2 unspecified atom stereocenters. The quantitative estimate of drug-likeness (QED) is 0.123. The summed E-state index contributed by atoms with van der Waals surface area (Å²) in [5.41, 5.74) is 1.61. The molecule has 204 valence electrons. The Morgan fingerprint density at radius 3 is 2.03 bits per heavy atom. The zero-order valence-corrected chi connectivity index (χ0v) is 25.9. The van der Waals surface area contributed by atoms with Crippen LogP contribution in [0.3, 0.4) is 0 Å². The molecule has 0 heterocycles. The zero-order valence-electron chi connectivity index (χ0n) is 23.3. The predicted molar refractivity (Wildman–Crippen MR) is 157 cm³/mol. The summed E-state index contributed by atoms with van der Waals surface area (Å²) in [5.74, 6) is 1.54. The van der Waals surface area contributed by atoms with Gasteiger partial charge in [-0.3, -0.25) is 4.57 Å². The Morgan fingerprint density at radius 1 is 0.973 bits per heavy atom. The van der Waals surface area contributed by atoms with Crippen molar-refractivity contribution in [3.8, 4) is 11.5 Å². The van der Waals surface area contributed by atoms with Gasteiger partial charge in [0.25, 0.3) is 5.34 Å². The maximum Gasteiger partial charge on any atom is 0.358 e. The Kier molecular flexibility index (Phi) is 11.7. The highest BCUT2D eigenvalue weighted by atomic mass is 32.4. The van der Waals surface area contributed by atoms with Gasteiger partial charge < -0.3 is 18.5 Å². The molecule has 2 aromatic rings. The van der Waals surface area contributed by atoms with Crippen LogP contribution in [-0.4, -0.2) is 43.2 Å². The summed E-state index contributed by atoms with van der Waals surface area (Å²) in [7, 11) is 1.53. The Morgan fingerprint density at radius 2 is 1.51 bits per heavy atom. The standard InChI is InChI=1S/C27H41N2O5P2S/c1-9-19-26(3,4)33-24-15-11-22(12-16-24)20-28-29(6)35(37)27(5,10-2)34-25-17-13-23(14-18-25)21-36(30,31-7)32-8/h11-18,20H,9-10,19,21H2,1-8H3/q+1/b28-20+. The van der Waals surface area contributed by atoms with Crippen LogP contribution in [0.1, 0.15) is 65.0 Å². The molecule has 0 aliphatic carbocycles. The molecule has 7 nitrogen and oxygen atoms in total. The van der Waals surface area contributed by atoms with E-state index in [-0.39, 0.29) is 11.8 Å².